The SMILES string of the molecule is C[C@]12CCC(O)C(F)=C1CC[C@@H]1[C@H]2CC[C@@]2(C)[C@H]1CC(O)C2(O)C#CCl. The first-order chi connectivity index (χ1) is 12.2. The number of fused-ring (bicyclic) bond motifs is 5. The highest BCUT2D eigenvalue weighted by Crippen LogP contribution is 2.68. The first-order valence-corrected chi connectivity index (χ1v) is 10.2. The second-order valence-corrected chi connectivity index (χ2v) is 9.60. The molecule has 4 aliphatic carbocycles. The Hall–Kier alpha value is -0.600. The van der Waals surface area contributed by atoms with Gasteiger partial charge in [-0.1, -0.05) is 13.8 Å². The number of hydrogen-bond acceptors (Lipinski definition) is 3. The van der Waals surface area contributed by atoms with E-state index in [2.05, 4.69) is 18.2 Å². The highest BCUT2D eigenvalue weighted by Gasteiger charge is 2.67. The van der Waals surface area contributed by atoms with Crippen LogP contribution in [0.25, 0.3) is 0 Å². The molecule has 0 saturated heterocycles. The van der Waals surface area contributed by atoms with Crippen LogP contribution in [0, 0.1) is 39.9 Å². The van der Waals surface area contributed by atoms with E-state index < -0.39 is 23.2 Å². The van der Waals surface area contributed by atoms with Crippen LogP contribution in [0.5, 0.6) is 0 Å². The Bertz CT molecular complexity index is 712. The number of aliphatic hydroxyl groups is 3. The van der Waals surface area contributed by atoms with Crippen LogP contribution in [0.2, 0.25) is 0 Å². The minimum atomic E-state index is -1.48. The molecule has 26 heavy (non-hydrogen) atoms. The van der Waals surface area contributed by atoms with Crippen molar-refractivity contribution >= 4 is 11.6 Å². The number of allylic oxidation sites excluding steroid dienone is 1. The van der Waals surface area contributed by atoms with Gasteiger partial charge in [0.25, 0.3) is 0 Å². The molecule has 0 aromatic rings. The minimum Gasteiger partial charge on any atom is -0.389 e. The normalized spacial score (nSPS) is 53.3. The van der Waals surface area contributed by atoms with E-state index in [-0.39, 0.29) is 17.2 Å². The van der Waals surface area contributed by atoms with E-state index in [1.54, 1.807) is 0 Å². The van der Waals surface area contributed by atoms with Crippen LogP contribution in [-0.4, -0.2) is 33.1 Å². The Morgan fingerprint density at radius 1 is 1.12 bits per heavy atom. The van der Waals surface area contributed by atoms with Crippen molar-refractivity contribution in [1.29, 1.82) is 0 Å². The summed E-state index contributed by atoms with van der Waals surface area (Å²) in [6, 6.07) is 0. The quantitative estimate of drug-likeness (QED) is 0.562. The Labute approximate surface area is 159 Å². The topological polar surface area (TPSA) is 60.7 Å². The molecule has 0 radical (unpaired) electrons. The number of aliphatic hydroxyl groups excluding tert-OH is 2. The van der Waals surface area contributed by atoms with Crippen molar-refractivity contribution in [2.75, 3.05) is 0 Å². The summed E-state index contributed by atoms with van der Waals surface area (Å²) in [6.07, 6.45) is 3.05. The molecular weight excluding hydrogens is 355 g/mol. The summed E-state index contributed by atoms with van der Waals surface area (Å²) in [7, 11) is 0. The molecule has 8 atom stereocenters. The summed E-state index contributed by atoms with van der Waals surface area (Å²) in [5.41, 5.74) is -1.39. The lowest BCUT2D eigenvalue weighted by molar-refractivity contribution is -0.122. The first kappa shape index (κ1) is 18.7. The number of hydrogen-bond donors (Lipinski definition) is 3. The highest BCUT2D eigenvalue weighted by molar-refractivity contribution is 6.30. The zero-order valence-electron chi connectivity index (χ0n) is 15.4. The third-order valence-electron chi connectivity index (χ3n) is 8.65. The molecule has 0 spiro atoms. The largest absolute Gasteiger partial charge is 0.389 e. The average Bonchev–Trinajstić information content (AvgIpc) is 2.79. The van der Waals surface area contributed by atoms with E-state index in [9.17, 15) is 19.7 Å². The van der Waals surface area contributed by atoms with E-state index in [1.807, 2.05) is 6.92 Å². The van der Waals surface area contributed by atoms with Crippen LogP contribution in [0.4, 0.5) is 4.39 Å². The van der Waals surface area contributed by atoms with Crippen LogP contribution in [0.3, 0.4) is 0 Å². The summed E-state index contributed by atoms with van der Waals surface area (Å²) in [5, 5.41) is 34.0. The summed E-state index contributed by atoms with van der Waals surface area (Å²) >= 11 is 5.61. The molecule has 3 unspecified atom stereocenters. The zero-order valence-corrected chi connectivity index (χ0v) is 16.2. The highest BCUT2D eigenvalue weighted by atomic mass is 35.5. The fraction of sp³-hybridized carbons (Fsp3) is 0.810. The van der Waals surface area contributed by atoms with E-state index in [4.69, 9.17) is 11.6 Å². The maximum Gasteiger partial charge on any atom is 0.157 e. The van der Waals surface area contributed by atoms with Crippen LogP contribution < -0.4 is 0 Å². The molecule has 0 heterocycles. The van der Waals surface area contributed by atoms with E-state index in [0.717, 1.165) is 31.3 Å². The summed E-state index contributed by atoms with van der Waals surface area (Å²) in [5.74, 6) is 3.19. The second-order valence-electron chi connectivity index (χ2n) is 9.41. The number of halogens is 2. The maximum atomic E-state index is 14.7. The molecule has 3 nitrogen and oxygen atoms in total. The predicted molar refractivity (Wildman–Crippen MR) is 97.7 cm³/mol. The molecule has 0 aromatic heterocycles. The van der Waals surface area contributed by atoms with Gasteiger partial charge in [0.05, 0.1) is 6.10 Å². The fourth-order valence-corrected chi connectivity index (χ4v) is 7.26. The zero-order chi connectivity index (χ0) is 18.9. The standard InChI is InChI=1S/C21H28ClFO3/c1-19-7-6-16(24)18(23)14(19)4-3-12-13(19)5-8-20(2)15(12)11-17(25)21(20,26)9-10-22/h12-13,15-17,24-26H,3-8,11H2,1-2H3/t12-,13-,15+,16?,17?,19-,20+,21?/m1/s1. The molecule has 5 heteroatoms. The molecule has 3 saturated carbocycles. The van der Waals surface area contributed by atoms with Gasteiger partial charge < -0.3 is 15.3 Å². The first-order valence-electron chi connectivity index (χ1n) is 9.79. The number of rotatable bonds is 0. The Kier molecular flexibility index (Phi) is 4.29. The van der Waals surface area contributed by atoms with Crippen molar-refractivity contribution in [3.05, 3.63) is 11.4 Å². The van der Waals surface area contributed by atoms with Crippen LogP contribution in [0.15, 0.2) is 11.4 Å². The van der Waals surface area contributed by atoms with Gasteiger partial charge in [-0.2, -0.15) is 0 Å². The lowest BCUT2D eigenvalue weighted by atomic mass is 9.46. The van der Waals surface area contributed by atoms with Crippen molar-refractivity contribution in [2.24, 2.45) is 28.6 Å². The van der Waals surface area contributed by atoms with Gasteiger partial charge in [-0.3, -0.25) is 0 Å². The van der Waals surface area contributed by atoms with E-state index in [0.29, 0.717) is 31.1 Å². The molecule has 144 valence electrons. The van der Waals surface area contributed by atoms with Crippen LogP contribution in [0.1, 0.15) is 58.8 Å². The molecule has 3 N–H and O–H groups in total. The van der Waals surface area contributed by atoms with Crippen molar-refractivity contribution in [2.45, 2.75) is 76.6 Å². The van der Waals surface area contributed by atoms with E-state index >= 15 is 0 Å². The van der Waals surface area contributed by atoms with E-state index in [1.165, 1.54) is 0 Å². The van der Waals surface area contributed by atoms with Gasteiger partial charge in [0, 0.05) is 10.8 Å². The van der Waals surface area contributed by atoms with Crippen molar-refractivity contribution < 1.29 is 19.7 Å². The smallest absolute Gasteiger partial charge is 0.157 e. The second kappa shape index (κ2) is 5.95. The van der Waals surface area contributed by atoms with Gasteiger partial charge in [-0.05, 0) is 91.2 Å². The predicted octanol–water partition coefficient (Wildman–Crippen LogP) is 3.51. The van der Waals surface area contributed by atoms with Crippen molar-refractivity contribution in [3.63, 3.8) is 0 Å². The van der Waals surface area contributed by atoms with Gasteiger partial charge in [0.15, 0.2) is 5.60 Å². The molecule has 0 amide bonds. The minimum absolute atomic E-state index is 0.145. The molecule has 0 aromatic carbocycles. The Morgan fingerprint density at radius 3 is 2.54 bits per heavy atom. The molecule has 3 fully saturated rings. The van der Waals surface area contributed by atoms with Crippen LogP contribution >= 0.6 is 11.6 Å². The molecule has 4 rings (SSSR count). The molecular formula is C21H28ClFO3. The van der Waals surface area contributed by atoms with Crippen LogP contribution in [-0.2, 0) is 0 Å². The Morgan fingerprint density at radius 2 is 1.85 bits per heavy atom. The summed E-state index contributed by atoms with van der Waals surface area (Å²) < 4.78 is 14.7. The van der Waals surface area contributed by atoms with Gasteiger partial charge in [0.1, 0.15) is 11.9 Å². The molecule has 0 aliphatic heterocycles. The third-order valence-corrected chi connectivity index (χ3v) is 8.74. The van der Waals surface area contributed by atoms with Crippen molar-refractivity contribution in [1.82, 2.24) is 0 Å². The van der Waals surface area contributed by atoms with Gasteiger partial charge in [0.2, 0.25) is 0 Å². The van der Waals surface area contributed by atoms with Gasteiger partial charge in [-0.15, -0.1) is 0 Å². The lowest BCUT2D eigenvalue weighted by Crippen LogP contribution is -2.56. The summed E-state index contributed by atoms with van der Waals surface area (Å²) in [4.78, 5) is 0. The Balaban J connectivity index is 1.73. The fourth-order valence-electron chi connectivity index (χ4n) is 7.11. The lowest BCUT2D eigenvalue weighted by Gasteiger charge is -2.58. The van der Waals surface area contributed by atoms with Gasteiger partial charge >= 0.3 is 0 Å². The van der Waals surface area contributed by atoms with Gasteiger partial charge in [-0.25, -0.2) is 4.39 Å². The summed E-state index contributed by atoms with van der Waals surface area (Å²) in [6.45, 7) is 4.19. The maximum absolute atomic E-state index is 14.7. The average molecular weight is 383 g/mol. The molecule has 4 aliphatic rings. The van der Waals surface area contributed by atoms with Crippen molar-refractivity contribution in [3.8, 4) is 11.3 Å². The monoisotopic (exact) mass is 382 g/mol. The third kappa shape index (κ3) is 2.18. The molecule has 0 bridgehead atoms.